The molecule has 0 radical (unpaired) electrons. The maximum absolute atomic E-state index is 13.1. The SMILES string of the molecule is Cc1nc(CN2CCC(C(=O)Nc3cc(C(N)=O)ccc3N3CCCCC3)CC2)cs1. The summed E-state index contributed by atoms with van der Waals surface area (Å²) in [6, 6.07) is 5.39. The van der Waals surface area contributed by atoms with Crippen molar-refractivity contribution in [3.8, 4) is 0 Å². The van der Waals surface area contributed by atoms with Gasteiger partial charge < -0.3 is 16.0 Å². The lowest BCUT2D eigenvalue weighted by molar-refractivity contribution is -0.121. The number of nitrogens with one attached hydrogen (secondary N) is 1. The van der Waals surface area contributed by atoms with Crippen LogP contribution in [0, 0.1) is 12.8 Å². The lowest BCUT2D eigenvalue weighted by Crippen LogP contribution is -2.38. The van der Waals surface area contributed by atoms with Crippen LogP contribution in [0.15, 0.2) is 23.6 Å². The Bertz CT molecular complexity index is 930. The Balaban J connectivity index is 1.40. The number of piperidine rings is 2. The number of likely N-dealkylation sites (tertiary alicyclic amines) is 1. The second kappa shape index (κ2) is 9.78. The average Bonchev–Trinajstić information content (AvgIpc) is 3.19. The van der Waals surface area contributed by atoms with Crippen molar-refractivity contribution in [3.05, 3.63) is 39.8 Å². The Kier molecular flexibility index (Phi) is 6.87. The van der Waals surface area contributed by atoms with Crippen molar-refractivity contribution in [2.24, 2.45) is 11.7 Å². The molecule has 1 aromatic carbocycles. The van der Waals surface area contributed by atoms with Crippen LogP contribution < -0.4 is 16.0 Å². The molecule has 4 rings (SSSR count). The van der Waals surface area contributed by atoms with Gasteiger partial charge in [-0.05, 0) is 70.3 Å². The number of primary amides is 1. The number of anilines is 2. The molecule has 2 saturated heterocycles. The van der Waals surface area contributed by atoms with Gasteiger partial charge in [-0.15, -0.1) is 11.3 Å². The van der Waals surface area contributed by atoms with Crippen LogP contribution >= 0.6 is 11.3 Å². The monoisotopic (exact) mass is 441 g/mol. The smallest absolute Gasteiger partial charge is 0.248 e. The predicted octanol–water partition coefficient (Wildman–Crippen LogP) is 3.39. The first-order valence-corrected chi connectivity index (χ1v) is 12.0. The maximum atomic E-state index is 13.1. The van der Waals surface area contributed by atoms with Crippen molar-refractivity contribution in [1.29, 1.82) is 0 Å². The van der Waals surface area contributed by atoms with Crippen LogP contribution in [0.2, 0.25) is 0 Å². The zero-order chi connectivity index (χ0) is 21.8. The van der Waals surface area contributed by atoms with Crippen LogP contribution in [-0.2, 0) is 11.3 Å². The van der Waals surface area contributed by atoms with Gasteiger partial charge >= 0.3 is 0 Å². The topological polar surface area (TPSA) is 91.6 Å². The van der Waals surface area contributed by atoms with Gasteiger partial charge in [0.1, 0.15) is 0 Å². The average molecular weight is 442 g/mol. The summed E-state index contributed by atoms with van der Waals surface area (Å²) < 4.78 is 0. The van der Waals surface area contributed by atoms with Crippen LogP contribution in [0.4, 0.5) is 11.4 Å². The highest BCUT2D eigenvalue weighted by Crippen LogP contribution is 2.31. The van der Waals surface area contributed by atoms with Gasteiger partial charge in [-0.1, -0.05) is 0 Å². The minimum atomic E-state index is -0.480. The number of thiazole rings is 1. The molecule has 2 aliphatic heterocycles. The normalized spacial score (nSPS) is 18.2. The Morgan fingerprint density at radius 3 is 2.55 bits per heavy atom. The van der Waals surface area contributed by atoms with E-state index >= 15 is 0 Å². The van der Waals surface area contributed by atoms with Crippen LogP contribution in [0.25, 0.3) is 0 Å². The van der Waals surface area contributed by atoms with E-state index in [2.05, 4.69) is 25.5 Å². The maximum Gasteiger partial charge on any atom is 0.248 e. The number of nitrogens with zero attached hydrogens (tertiary/aromatic N) is 3. The number of rotatable bonds is 6. The van der Waals surface area contributed by atoms with Crippen molar-refractivity contribution < 1.29 is 9.59 Å². The number of nitrogens with two attached hydrogens (primary N) is 1. The highest BCUT2D eigenvalue weighted by atomic mass is 32.1. The van der Waals surface area contributed by atoms with E-state index < -0.39 is 5.91 Å². The number of aromatic nitrogens is 1. The zero-order valence-electron chi connectivity index (χ0n) is 18.1. The molecule has 0 bridgehead atoms. The van der Waals surface area contributed by atoms with E-state index in [0.29, 0.717) is 11.3 Å². The van der Waals surface area contributed by atoms with Gasteiger partial charge in [0.2, 0.25) is 11.8 Å². The Morgan fingerprint density at radius 1 is 1.16 bits per heavy atom. The number of hydrogen-bond donors (Lipinski definition) is 2. The lowest BCUT2D eigenvalue weighted by atomic mass is 9.95. The summed E-state index contributed by atoms with van der Waals surface area (Å²) in [6.45, 7) is 6.57. The summed E-state index contributed by atoms with van der Waals surface area (Å²) in [5, 5.41) is 6.33. The van der Waals surface area contributed by atoms with Crippen LogP contribution in [-0.4, -0.2) is 47.9 Å². The Labute approximate surface area is 187 Å². The predicted molar refractivity (Wildman–Crippen MR) is 125 cm³/mol. The minimum Gasteiger partial charge on any atom is -0.370 e. The van der Waals surface area contributed by atoms with Crippen molar-refractivity contribution in [3.63, 3.8) is 0 Å². The molecule has 8 heteroatoms. The van der Waals surface area contributed by atoms with Crippen LogP contribution in [0.5, 0.6) is 0 Å². The molecule has 2 aliphatic rings. The number of amides is 2. The van der Waals surface area contributed by atoms with Crippen molar-refractivity contribution in [2.75, 3.05) is 36.4 Å². The summed E-state index contributed by atoms with van der Waals surface area (Å²) in [6.07, 6.45) is 5.16. The van der Waals surface area contributed by atoms with E-state index in [1.165, 1.54) is 6.42 Å². The third-order valence-corrected chi connectivity index (χ3v) is 7.07. The molecule has 2 amide bonds. The van der Waals surface area contributed by atoms with Gasteiger partial charge in [-0.25, -0.2) is 4.98 Å². The Morgan fingerprint density at radius 2 is 1.90 bits per heavy atom. The molecule has 3 heterocycles. The van der Waals surface area contributed by atoms with E-state index in [1.807, 2.05) is 13.0 Å². The molecule has 0 atom stereocenters. The van der Waals surface area contributed by atoms with Gasteiger partial charge in [0.25, 0.3) is 0 Å². The lowest BCUT2D eigenvalue weighted by Gasteiger charge is -2.32. The van der Waals surface area contributed by atoms with Crippen molar-refractivity contribution in [2.45, 2.75) is 45.6 Å². The first-order chi connectivity index (χ1) is 15.0. The summed E-state index contributed by atoms with van der Waals surface area (Å²) >= 11 is 1.68. The molecule has 0 saturated carbocycles. The van der Waals surface area contributed by atoms with Crippen LogP contribution in [0.3, 0.4) is 0 Å². The molecule has 0 unspecified atom stereocenters. The number of hydrogen-bond acceptors (Lipinski definition) is 6. The van der Waals surface area contributed by atoms with E-state index in [1.54, 1.807) is 23.5 Å². The quantitative estimate of drug-likeness (QED) is 0.717. The summed E-state index contributed by atoms with van der Waals surface area (Å²) in [4.78, 5) is 34.0. The van der Waals surface area contributed by atoms with Gasteiger partial charge in [-0.2, -0.15) is 0 Å². The largest absolute Gasteiger partial charge is 0.370 e. The highest BCUT2D eigenvalue weighted by molar-refractivity contribution is 7.09. The molecule has 31 heavy (non-hydrogen) atoms. The molecule has 7 nitrogen and oxygen atoms in total. The number of benzene rings is 1. The van der Waals surface area contributed by atoms with Crippen molar-refractivity contribution in [1.82, 2.24) is 9.88 Å². The molecule has 2 aromatic rings. The number of aryl methyl sites for hydroxylation is 1. The standard InChI is InChI=1S/C23H31N5O2S/c1-16-25-19(15-31-16)14-27-11-7-17(8-12-27)23(30)26-20-13-18(22(24)29)5-6-21(20)28-9-3-2-4-10-28/h5-6,13,15,17H,2-4,7-12,14H2,1H3,(H2,24,29)(H,26,30). The third kappa shape index (κ3) is 5.43. The number of carbonyl (C=O) groups is 2. The fourth-order valence-corrected chi connectivity index (χ4v) is 5.10. The molecule has 166 valence electrons. The van der Waals surface area contributed by atoms with E-state index in [0.717, 1.165) is 74.8 Å². The molecule has 2 fully saturated rings. The summed E-state index contributed by atoms with van der Waals surface area (Å²) in [5.74, 6) is -0.477. The van der Waals surface area contributed by atoms with Gasteiger partial charge in [0, 0.05) is 36.5 Å². The third-order valence-electron chi connectivity index (χ3n) is 6.25. The van der Waals surface area contributed by atoms with Crippen molar-refractivity contribution >= 4 is 34.5 Å². The van der Waals surface area contributed by atoms with Gasteiger partial charge in [-0.3, -0.25) is 14.5 Å². The van der Waals surface area contributed by atoms with Gasteiger partial charge in [0.05, 0.1) is 22.1 Å². The molecule has 1 aromatic heterocycles. The first kappa shape index (κ1) is 21.8. The second-order valence-electron chi connectivity index (χ2n) is 8.54. The molecule has 3 N–H and O–H groups in total. The molecular formula is C23H31N5O2S. The molecular weight excluding hydrogens is 410 g/mol. The minimum absolute atomic E-state index is 0.0279. The summed E-state index contributed by atoms with van der Waals surface area (Å²) in [7, 11) is 0. The van der Waals surface area contributed by atoms with E-state index in [-0.39, 0.29) is 11.8 Å². The van der Waals surface area contributed by atoms with E-state index in [4.69, 9.17) is 5.73 Å². The van der Waals surface area contributed by atoms with E-state index in [9.17, 15) is 9.59 Å². The highest BCUT2D eigenvalue weighted by Gasteiger charge is 2.27. The molecule has 0 aliphatic carbocycles. The fraction of sp³-hybridized carbons (Fsp3) is 0.522. The Hall–Kier alpha value is -2.45. The first-order valence-electron chi connectivity index (χ1n) is 11.1. The van der Waals surface area contributed by atoms with Crippen LogP contribution in [0.1, 0.15) is 53.2 Å². The second-order valence-corrected chi connectivity index (χ2v) is 9.60. The fourth-order valence-electron chi connectivity index (χ4n) is 4.50. The number of carbonyl (C=O) groups excluding carboxylic acids is 2. The molecule has 0 spiro atoms. The summed E-state index contributed by atoms with van der Waals surface area (Å²) in [5.41, 5.74) is 8.70. The zero-order valence-corrected chi connectivity index (χ0v) is 18.9. The van der Waals surface area contributed by atoms with Gasteiger partial charge in [0.15, 0.2) is 0 Å².